The summed E-state index contributed by atoms with van der Waals surface area (Å²) in [5.41, 5.74) is 0. The van der Waals surface area contributed by atoms with Crippen LogP contribution < -0.4 is 16.0 Å². The lowest BCUT2D eigenvalue weighted by molar-refractivity contribution is -1.36. The van der Waals surface area contributed by atoms with Gasteiger partial charge in [-0.05, 0) is 38.5 Å². The zero-order chi connectivity index (χ0) is 43.6. The van der Waals surface area contributed by atoms with E-state index in [4.69, 9.17) is 24.3 Å². The van der Waals surface area contributed by atoms with Crippen LogP contribution in [0.5, 0.6) is 0 Å². The van der Waals surface area contributed by atoms with E-state index in [0.717, 1.165) is 32.5 Å². The van der Waals surface area contributed by atoms with Gasteiger partial charge < -0.3 is 36.4 Å². The van der Waals surface area contributed by atoms with E-state index in [2.05, 4.69) is 23.0 Å². The molecule has 58 heavy (non-hydrogen) atoms. The van der Waals surface area contributed by atoms with E-state index >= 15 is 0 Å². The zero-order valence-corrected chi connectivity index (χ0v) is 33.1. The number of carboxylic acids is 4. The number of quaternary nitrogens is 4. The van der Waals surface area contributed by atoms with Crippen LogP contribution in [0.3, 0.4) is 0 Å². The molecule has 7 N–H and O–H groups in total. The third-order valence-corrected chi connectivity index (χ3v) is 12.3. The minimum absolute atomic E-state index is 0.0576. The maximum atomic E-state index is 13.6. The highest BCUT2D eigenvalue weighted by molar-refractivity contribution is 5.82. The van der Waals surface area contributed by atoms with Crippen LogP contribution in [-0.4, -0.2) is 196 Å². The summed E-state index contributed by atoms with van der Waals surface area (Å²) >= 11 is 0. The average Bonchev–Trinajstić information content (AvgIpc) is 3.76. The Bertz CT molecular complexity index is 1550. The molecule has 4 heterocycles. The monoisotopic (exact) mass is 829 g/mol. The third kappa shape index (κ3) is 11.3. The molecule has 6 atom stereocenters. The Morgan fingerprint density at radius 3 is 1.52 bits per heavy atom. The van der Waals surface area contributed by atoms with E-state index in [-0.39, 0.29) is 62.9 Å². The van der Waals surface area contributed by atoms with E-state index < -0.39 is 41.9 Å². The number of carbonyl (C=O) groups is 7. The fourth-order valence-electron chi connectivity index (χ4n) is 10.5. The Morgan fingerprint density at radius 1 is 0.569 bits per heavy atom. The Hall–Kier alpha value is -5.11. The van der Waals surface area contributed by atoms with E-state index in [0.29, 0.717) is 102 Å². The van der Waals surface area contributed by atoms with Crippen molar-refractivity contribution in [2.45, 2.75) is 82.6 Å². The first-order valence-electron chi connectivity index (χ1n) is 19.5. The number of unbranched alkanes of at least 4 members (excludes halogenated alkanes) is 4. The summed E-state index contributed by atoms with van der Waals surface area (Å²) < 4.78 is 1.78. The van der Waals surface area contributed by atoms with Gasteiger partial charge in [-0.25, -0.2) is 19.2 Å². The Balaban J connectivity index is 0.00000182. The topological polar surface area (TPSA) is 305 Å². The molecule has 22 heteroatoms. The van der Waals surface area contributed by atoms with Gasteiger partial charge in [0.2, 0.25) is 5.91 Å². The number of aliphatic carboxylic acids is 4. The molecule has 1 spiro atoms. The number of ketones is 1. The van der Waals surface area contributed by atoms with Crippen molar-refractivity contribution in [1.29, 1.82) is 0 Å². The van der Waals surface area contributed by atoms with Gasteiger partial charge in [-0.2, -0.15) is 28.1 Å². The van der Waals surface area contributed by atoms with Crippen molar-refractivity contribution in [3.63, 3.8) is 0 Å². The maximum Gasteiger partial charge on any atom is 0.482 e. The SMILES string of the molecule is C[N+]12CC[N+]3(CC(=O)O)CC[N+]4(CC(=O)O)CC[N@+](CC(=O)CCCCCCC(=O)NCCCC[C@H](NC(=O)NCCCC(=O)O)C(=O)O)(CC1)[C@@]234.O=C=O.O=C=O. The fourth-order valence-corrected chi connectivity index (χ4v) is 10.5. The van der Waals surface area contributed by atoms with Crippen molar-refractivity contribution in [2.75, 3.05) is 92.1 Å². The normalized spacial score (nSPS) is 27.4. The highest BCUT2D eigenvalue weighted by atomic mass is 16.4. The van der Waals surface area contributed by atoms with Crippen LogP contribution in [0.2, 0.25) is 0 Å². The predicted octanol–water partition coefficient (Wildman–Crippen LogP) is -1.64. The molecule has 4 saturated heterocycles. The number of amides is 3. The van der Waals surface area contributed by atoms with E-state index in [1.807, 2.05) is 0 Å². The van der Waals surface area contributed by atoms with Gasteiger partial charge in [-0.1, -0.05) is 12.8 Å². The Labute approximate surface area is 335 Å². The second kappa shape index (κ2) is 22.2. The van der Waals surface area contributed by atoms with E-state index in [9.17, 15) is 48.9 Å². The number of likely N-dealkylation sites (N-methyl/N-ethyl adjacent to an activating group) is 1. The molecular formula is C36H59N7O15+4. The fraction of sp³-hybridized carbons (Fsp3) is 0.750. The van der Waals surface area contributed by atoms with Gasteiger partial charge in [0.05, 0.1) is 7.05 Å². The summed E-state index contributed by atoms with van der Waals surface area (Å²) in [4.78, 5) is 117. The lowest BCUT2D eigenvalue weighted by atomic mass is 10.1. The standard InChI is InChI=1S/C34H55N7O11.2CO2/c1-38-15-17-39(19-20-41(25-31(48)49)22-21-40(18-16-38,24-30(46)47)34(38,39)41)23-26(42)9-4-2-3-5-11-28(43)35-13-7-6-10-27(32(50)51)37-33(52)36-14-8-12-29(44)45;2*2-1-3/h27H,2-25H2,1H3,(H3-4,35,36,37,43,44,45,46,47,48,49,50,51,52);;/p+4/t27-,34-,38?,39-,40?,41?;;/m0../s1. The van der Waals surface area contributed by atoms with Crippen LogP contribution in [-0.2, 0) is 47.9 Å². The van der Waals surface area contributed by atoms with Crippen molar-refractivity contribution in [3.8, 4) is 0 Å². The van der Waals surface area contributed by atoms with Crippen molar-refractivity contribution in [1.82, 2.24) is 16.0 Å². The molecular weight excluding hydrogens is 770 g/mol. The number of Topliss-reactive ketones (excluding diaryl/α,β-unsaturated/α-hetero) is 1. The molecule has 4 aliphatic heterocycles. The molecule has 0 aromatic rings. The Morgan fingerprint density at radius 2 is 1.03 bits per heavy atom. The molecule has 0 aromatic carbocycles. The van der Waals surface area contributed by atoms with Crippen molar-refractivity contribution in [2.24, 2.45) is 0 Å². The first kappa shape index (κ1) is 49.0. The Kier molecular flexibility index (Phi) is 18.7. The van der Waals surface area contributed by atoms with Crippen LogP contribution in [0.15, 0.2) is 0 Å². The molecule has 3 unspecified atom stereocenters. The second-order valence-corrected chi connectivity index (χ2v) is 15.7. The number of carbonyl (C=O) groups excluding carboxylic acids is 7. The van der Waals surface area contributed by atoms with Crippen molar-refractivity contribution in [3.05, 3.63) is 0 Å². The molecule has 0 radical (unpaired) electrons. The van der Waals surface area contributed by atoms with Gasteiger partial charge >= 0.3 is 48.1 Å². The minimum Gasteiger partial charge on any atom is -0.481 e. The minimum atomic E-state index is -1.18. The number of urea groups is 1. The summed E-state index contributed by atoms with van der Waals surface area (Å²) in [6, 6.07) is -1.78. The smallest absolute Gasteiger partial charge is 0.481 e. The molecule has 0 aliphatic carbocycles. The average molecular weight is 830 g/mol. The lowest BCUT2D eigenvalue weighted by Crippen LogP contribution is -2.85. The molecule has 4 rings (SSSR count). The third-order valence-electron chi connectivity index (χ3n) is 12.3. The van der Waals surface area contributed by atoms with Crippen LogP contribution in [0.4, 0.5) is 4.79 Å². The molecule has 3 amide bonds. The van der Waals surface area contributed by atoms with E-state index in [1.165, 1.54) is 0 Å². The molecule has 0 saturated carbocycles. The van der Waals surface area contributed by atoms with Crippen molar-refractivity contribution >= 4 is 53.9 Å². The van der Waals surface area contributed by atoms with E-state index in [1.54, 1.807) is 0 Å². The first-order chi connectivity index (χ1) is 27.4. The first-order valence-corrected chi connectivity index (χ1v) is 19.5. The summed E-state index contributed by atoms with van der Waals surface area (Å²) in [7, 11) is 2.15. The number of carboxylic acid groups (broad SMARTS) is 4. The van der Waals surface area contributed by atoms with Gasteiger partial charge in [0.25, 0.3) is 0 Å². The number of nitrogens with one attached hydrogen (secondary N) is 3. The van der Waals surface area contributed by atoms with Crippen LogP contribution >= 0.6 is 0 Å². The summed E-state index contributed by atoms with van der Waals surface area (Å²) in [5, 5.41) is 45.7. The zero-order valence-electron chi connectivity index (χ0n) is 33.1. The maximum absolute atomic E-state index is 13.6. The summed E-state index contributed by atoms with van der Waals surface area (Å²) in [6.07, 6.45) is 5.44. The molecule has 22 nitrogen and oxygen atoms in total. The number of hydrogen-bond acceptors (Lipinski definition) is 11. The predicted molar refractivity (Wildman–Crippen MR) is 193 cm³/mol. The van der Waals surface area contributed by atoms with Gasteiger partial charge in [-0.15, -0.1) is 8.97 Å². The van der Waals surface area contributed by atoms with Gasteiger partial charge in [0.1, 0.15) is 58.4 Å². The number of nitrogens with zero attached hydrogens (tertiary/aromatic N) is 4. The molecule has 0 aromatic heterocycles. The lowest BCUT2D eigenvalue weighted by Gasteiger charge is -2.49. The quantitative estimate of drug-likeness (QED) is 0.0424. The van der Waals surface area contributed by atoms with Gasteiger partial charge in [0, 0.05) is 32.4 Å². The molecule has 4 aliphatic rings. The molecule has 4 fully saturated rings. The second-order valence-electron chi connectivity index (χ2n) is 15.7. The number of rotatable bonds is 24. The highest BCUT2D eigenvalue weighted by Crippen LogP contribution is 2.61. The molecule has 324 valence electrons. The van der Waals surface area contributed by atoms with Crippen LogP contribution in [0.1, 0.15) is 70.6 Å². The van der Waals surface area contributed by atoms with Gasteiger partial charge in [0.15, 0.2) is 25.4 Å². The largest absolute Gasteiger partial charge is 0.482 e. The van der Waals surface area contributed by atoms with Crippen LogP contribution in [0, 0.1) is 0 Å². The molecule has 0 bridgehead atoms. The summed E-state index contributed by atoms with van der Waals surface area (Å²) in [6.45, 7) is 6.17. The highest BCUT2D eigenvalue weighted by Gasteiger charge is 2.98. The van der Waals surface area contributed by atoms with Crippen molar-refractivity contribution < 1.29 is 91.1 Å². The van der Waals surface area contributed by atoms with Crippen LogP contribution in [0.25, 0.3) is 0 Å². The van der Waals surface area contributed by atoms with Gasteiger partial charge in [-0.3, -0.25) is 14.4 Å². The number of hydrogen-bond donors (Lipinski definition) is 7. The summed E-state index contributed by atoms with van der Waals surface area (Å²) in [5.74, 6) is -4.61.